The van der Waals surface area contributed by atoms with Crippen LogP contribution in [0.2, 0.25) is 0 Å². The second-order valence-corrected chi connectivity index (χ2v) is 21.0. The largest absolute Gasteiger partial charge is 0.378 e. The first-order valence-corrected chi connectivity index (χ1v) is 31.1. The number of nitrogens with zero attached hydrogens (tertiary/aromatic N) is 1. The number of rotatable bonds is 59. The minimum atomic E-state index is -3.45. The van der Waals surface area contributed by atoms with Crippen molar-refractivity contribution < 1.29 is 45.8 Å². The second-order valence-electron chi connectivity index (χ2n) is 19.4. The van der Waals surface area contributed by atoms with E-state index in [1.54, 1.807) is 0 Å². The Hall–Kier alpha value is -1.38. The molecule has 0 aliphatic rings. The molecule has 1 atom stereocenters. The van der Waals surface area contributed by atoms with Crippen LogP contribution in [0.3, 0.4) is 0 Å². The molecule has 0 aliphatic heterocycles. The average Bonchev–Trinajstić information content (AvgIpc) is 3.34. The quantitative estimate of drug-likeness (QED) is 0.0331. The maximum atomic E-state index is 14.2. The van der Waals surface area contributed by atoms with E-state index in [2.05, 4.69) is 49.3 Å². The van der Waals surface area contributed by atoms with Gasteiger partial charge in [0.25, 0.3) is 16.0 Å². The summed E-state index contributed by atoms with van der Waals surface area (Å²) in [5.41, 5.74) is 0. The molecule has 0 heterocycles. The molecule has 0 spiro atoms. The number of ether oxygens (including phenoxy) is 6. The maximum Gasteiger partial charge on any atom is 0.264 e. The van der Waals surface area contributed by atoms with Crippen molar-refractivity contribution in [3.8, 4) is 0 Å². The molecule has 0 bridgehead atoms. The first-order chi connectivity index (χ1) is 34.4. The van der Waals surface area contributed by atoms with E-state index < -0.39 is 16.2 Å². The predicted octanol–water partition coefficient (Wildman–Crippen LogP) is 14.7. The van der Waals surface area contributed by atoms with Gasteiger partial charge in [-0.3, -0.25) is 8.98 Å². The van der Waals surface area contributed by atoms with Crippen LogP contribution in [0.25, 0.3) is 0 Å². The lowest BCUT2D eigenvalue weighted by molar-refractivity contribution is -0.149. The number of hydrogen-bond acceptors (Lipinski definition) is 10. The van der Waals surface area contributed by atoms with Gasteiger partial charge in [-0.2, -0.15) is 8.42 Å². The highest BCUT2D eigenvalue weighted by atomic mass is 32.2. The van der Waals surface area contributed by atoms with Crippen LogP contribution in [-0.2, 0) is 47.5 Å². The van der Waals surface area contributed by atoms with Crippen LogP contribution in [0.15, 0.2) is 24.3 Å². The fourth-order valence-corrected chi connectivity index (χ4v) is 8.58. The number of carbonyl (C=O) groups excluding carboxylic acids is 1. The summed E-state index contributed by atoms with van der Waals surface area (Å²) >= 11 is 0. The van der Waals surface area contributed by atoms with Gasteiger partial charge >= 0.3 is 0 Å². The van der Waals surface area contributed by atoms with Gasteiger partial charge in [-0.05, 0) is 70.6 Å². The Kier molecular flexibility index (Phi) is 55.8. The van der Waals surface area contributed by atoms with Gasteiger partial charge in [-0.25, -0.2) is 0 Å². The molecule has 416 valence electrons. The molecule has 0 aromatic rings. The maximum absolute atomic E-state index is 14.2. The summed E-state index contributed by atoms with van der Waals surface area (Å²) in [5, 5.41) is 0. The lowest BCUT2D eigenvalue weighted by Crippen LogP contribution is -2.45. The third-order valence-electron chi connectivity index (χ3n) is 12.6. The fourth-order valence-electron chi connectivity index (χ4n) is 8.21. The van der Waals surface area contributed by atoms with E-state index in [-0.39, 0.29) is 19.1 Å². The Morgan fingerprint density at radius 3 is 1.14 bits per heavy atom. The zero-order chi connectivity index (χ0) is 51.0. The Morgan fingerprint density at radius 1 is 0.386 bits per heavy atom. The van der Waals surface area contributed by atoms with Crippen LogP contribution in [0.4, 0.5) is 0 Å². The molecule has 0 aromatic heterocycles. The standard InChI is InChI=1S/C58H113NO10S/c1-5-8-11-14-17-19-21-23-25-27-29-31-33-35-38-41-45-67-56-57(68-46-42-39-36-34-32-30-28-26-24-22-20-18-15-12-9-6-2)58(60)59(43-40-37-16-13-10-7-3)44-47-63-48-49-64-50-51-65-52-53-66-54-55-69-70(4,61)62/h23-26,57H,5-22,27-56H2,1-4H3/b25-23-,26-24-. The van der Waals surface area contributed by atoms with Crippen LogP contribution in [0.5, 0.6) is 0 Å². The molecule has 0 rings (SSSR count). The third-order valence-corrected chi connectivity index (χ3v) is 13.2. The van der Waals surface area contributed by atoms with E-state index in [1.807, 2.05) is 4.90 Å². The van der Waals surface area contributed by atoms with Crippen molar-refractivity contribution in [2.45, 2.75) is 245 Å². The molecular weight excluding hydrogens is 903 g/mol. The van der Waals surface area contributed by atoms with Gasteiger partial charge in [0.2, 0.25) is 0 Å². The molecule has 0 aliphatic carbocycles. The number of unbranched alkanes of at least 4 members (excludes halogenated alkanes) is 29. The molecule has 1 amide bonds. The summed E-state index contributed by atoms with van der Waals surface area (Å²) < 4.78 is 61.7. The molecule has 0 fully saturated rings. The summed E-state index contributed by atoms with van der Waals surface area (Å²) in [4.78, 5) is 16.2. The summed E-state index contributed by atoms with van der Waals surface area (Å²) in [6.45, 7) is 12.6. The average molecular weight is 1020 g/mol. The Bertz CT molecular complexity index is 1220. The van der Waals surface area contributed by atoms with E-state index in [9.17, 15) is 13.2 Å². The normalized spacial score (nSPS) is 12.6. The van der Waals surface area contributed by atoms with Crippen molar-refractivity contribution in [3.05, 3.63) is 24.3 Å². The summed E-state index contributed by atoms with van der Waals surface area (Å²) in [7, 11) is -3.45. The van der Waals surface area contributed by atoms with Gasteiger partial charge in [-0.1, -0.05) is 193 Å². The van der Waals surface area contributed by atoms with Gasteiger partial charge in [0.05, 0.1) is 72.3 Å². The molecule has 0 saturated carbocycles. The minimum absolute atomic E-state index is 0.00759. The van der Waals surface area contributed by atoms with E-state index in [1.165, 1.54) is 180 Å². The smallest absolute Gasteiger partial charge is 0.264 e. The van der Waals surface area contributed by atoms with Gasteiger partial charge in [0.15, 0.2) is 6.10 Å². The topological polar surface area (TPSA) is 119 Å². The Morgan fingerprint density at radius 2 is 0.729 bits per heavy atom. The van der Waals surface area contributed by atoms with Crippen molar-refractivity contribution in [1.82, 2.24) is 4.90 Å². The van der Waals surface area contributed by atoms with Crippen LogP contribution in [-0.4, -0.2) is 124 Å². The lowest BCUT2D eigenvalue weighted by atomic mass is 10.1. The Balaban J connectivity index is 4.83. The molecule has 11 nitrogen and oxygen atoms in total. The van der Waals surface area contributed by atoms with E-state index in [4.69, 9.17) is 28.4 Å². The molecule has 0 aromatic carbocycles. The van der Waals surface area contributed by atoms with Gasteiger partial charge in [0, 0.05) is 26.3 Å². The highest BCUT2D eigenvalue weighted by Gasteiger charge is 2.25. The summed E-state index contributed by atoms with van der Waals surface area (Å²) in [6.07, 6.45) is 52.5. The SMILES string of the molecule is CCCCCCCC/C=C\CCCCCCCCOCC(OCCCCCCCC/C=C\CCCCCCCC)C(=O)N(CCCCCCCC)CCOCCOCCOCCOCCOS(C)(=O)=O. The van der Waals surface area contributed by atoms with E-state index in [0.717, 1.165) is 44.8 Å². The molecule has 0 radical (unpaired) electrons. The van der Waals surface area contributed by atoms with Gasteiger partial charge in [0.1, 0.15) is 0 Å². The van der Waals surface area contributed by atoms with E-state index >= 15 is 0 Å². The number of allylic oxidation sites excluding steroid dienone is 4. The molecule has 0 saturated heterocycles. The molecule has 12 heteroatoms. The van der Waals surface area contributed by atoms with E-state index in [0.29, 0.717) is 79.2 Å². The molecular formula is C58H113NO10S. The second kappa shape index (κ2) is 56.9. The fraction of sp³-hybridized carbons (Fsp3) is 0.914. The highest BCUT2D eigenvalue weighted by molar-refractivity contribution is 7.85. The first kappa shape index (κ1) is 68.6. The van der Waals surface area contributed by atoms with Crippen molar-refractivity contribution in [3.63, 3.8) is 0 Å². The number of amides is 1. The molecule has 1 unspecified atom stereocenters. The van der Waals surface area contributed by atoms with Gasteiger partial charge < -0.3 is 33.3 Å². The summed E-state index contributed by atoms with van der Waals surface area (Å²) in [5.74, 6) is 0.0167. The van der Waals surface area contributed by atoms with Crippen molar-refractivity contribution >= 4 is 16.0 Å². The number of hydrogen-bond donors (Lipinski definition) is 0. The van der Waals surface area contributed by atoms with Crippen molar-refractivity contribution in [2.75, 3.05) is 98.6 Å². The first-order valence-electron chi connectivity index (χ1n) is 29.3. The Labute approximate surface area is 433 Å². The van der Waals surface area contributed by atoms with Crippen LogP contribution in [0.1, 0.15) is 239 Å². The summed E-state index contributed by atoms with van der Waals surface area (Å²) in [6, 6.07) is 0. The van der Waals surface area contributed by atoms with Crippen LogP contribution in [0, 0.1) is 0 Å². The van der Waals surface area contributed by atoms with Crippen molar-refractivity contribution in [1.29, 1.82) is 0 Å². The zero-order valence-corrected chi connectivity index (χ0v) is 47.1. The predicted molar refractivity (Wildman–Crippen MR) is 293 cm³/mol. The lowest BCUT2D eigenvalue weighted by Gasteiger charge is -2.28. The highest BCUT2D eigenvalue weighted by Crippen LogP contribution is 2.14. The van der Waals surface area contributed by atoms with Crippen LogP contribution < -0.4 is 0 Å². The number of carbonyl (C=O) groups is 1. The van der Waals surface area contributed by atoms with Crippen molar-refractivity contribution in [2.24, 2.45) is 0 Å². The monoisotopic (exact) mass is 1020 g/mol. The van der Waals surface area contributed by atoms with Gasteiger partial charge in [-0.15, -0.1) is 0 Å². The molecule has 70 heavy (non-hydrogen) atoms. The van der Waals surface area contributed by atoms with Crippen LogP contribution >= 0.6 is 0 Å². The third kappa shape index (κ3) is 54.4. The molecule has 0 N–H and O–H groups in total. The minimum Gasteiger partial charge on any atom is -0.378 e. The zero-order valence-electron chi connectivity index (χ0n) is 46.3.